The Morgan fingerprint density at radius 2 is 2.07 bits per heavy atom. The fourth-order valence-corrected chi connectivity index (χ4v) is 2.39. The van der Waals surface area contributed by atoms with Crippen LogP contribution in [0.4, 0.5) is 13.2 Å². The van der Waals surface area contributed by atoms with Crippen LogP contribution < -0.4 is 0 Å². The number of aliphatic hydroxyl groups is 1. The molecule has 0 fully saturated rings. The maximum absolute atomic E-state index is 11.8. The molecule has 0 radical (unpaired) electrons. The molecule has 80 valence electrons. The minimum Gasteiger partial charge on any atom is -0.388 e. The molecule has 0 aliphatic heterocycles. The van der Waals surface area contributed by atoms with Crippen LogP contribution in [0.5, 0.6) is 0 Å². The Bertz CT molecular complexity index is 297. The third-order valence-electron chi connectivity index (χ3n) is 1.62. The van der Waals surface area contributed by atoms with Gasteiger partial charge in [0, 0.05) is 11.3 Å². The van der Waals surface area contributed by atoms with Crippen LogP contribution in [-0.4, -0.2) is 11.3 Å². The van der Waals surface area contributed by atoms with Crippen molar-refractivity contribution in [1.82, 2.24) is 0 Å². The molecule has 0 spiro atoms. The van der Waals surface area contributed by atoms with Crippen LogP contribution in [0.2, 0.25) is 0 Å². The molecule has 6 heteroatoms. The monoisotopic (exact) mass is 288 g/mol. The van der Waals surface area contributed by atoms with E-state index < -0.39 is 18.7 Å². The summed E-state index contributed by atoms with van der Waals surface area (Å²) in [6.07, 6.45) is -6.46. The summed E-state index contributed by atoms with van der Waals surface area (Å²) in [7, 11) is 0. The van der Waals surface area contributed by atoms with Gasteiger partial charge in [0.1, 0.15) is 0 Å². The van der Waals surface area contributed by atoms with Gasteiger partial charge in [-0.05, 0) is 34.5 Å². The molecule has 0 saturated carbocycles. The van der Waals surface area contributed by atoms with Crippen molar-refractivity contribution in [2.24, 2.45) is 0 Å². The number of thiophene rings is 1. The zero-order chi connectivity index (χ0) is 10.8. The van der Waals surface area contributed by atoms with Crippen LogP contribution in [0.1, 0.15) is 23.8 Å². The summed E-state index contributed by atoms with van der Waals surface area (Å²) in [5.74, 6) is 0. The predicted molar refractivity (Wildman–Crippen MR) is 52.3 cm³/mol. The van der Waals surface area contributed by atoms with Gasteiger partial charge in [0.25, 0.3) is 0 Å². The molecule has 1 atom stereocenters. The summed E-state index contributed by atoms with van der Waals surface area (Å²) in [5, 5.41) is 9.39. The van der Waals surface area contributed by atoms with Gasteiger partial charge < -0.3 is 5.11 Å². The second kappa shape index (κ2) is 4.63. The van der Waals surface area contributed by atoms with Crippen LogP contribution in [0.15, 0.2) is 15.9 Å². The fourth-order valence-electron chi connectivity index (χ4n) is 0.950. The van der Waals surface area contributed by atoms with Crippen molar-refractivity contribution < 1.29 is 18.3 Å². The van der Waals surface area contributed by atoms with Crippen LogP contribution in [0.3, 0.4) is 0 Å². The lowest BCUT2D eigenvalue weighted by atomic mass is 10.1. The quantitative estimate of drug-likeness (QED) is 0.895. The summed E-state index contributed by atoms with van der Waals surface area (Å²) in [6.45, 7) is 0. The Kier molecular flexibility index (Phi) is 3.97. The number of alkyl halides is 3. The van der Waals surface area contributed by atoms with E-state index in [-0.39, 0.29) is 6.42 Å². The molecule has 0 aliphatic carbocycles. The van der Waals surface area contributed by atoms with Crippen LogP contribution in [-0.2, 0) is 0 Å². The molecular weight excluding hydrogens is 281 g/mol. The van der Waals surface area contributed by atoms with E-state index >= 15 is 0 Å². The van der Waals surface area contributed by atoms with Gasteiger partial charge >= 0.3 is 6.18 Å². The summed E-state index contributed by atoms with van der Waals surface area (Å²) in [6, 6.07) is 3.33. The molecule has 1 rings (SSSR count). The van der Waals surface area contributed by atoms with Gasteiger partial charge in [0.15, 0.2) is 0 Å². The highest BCUT2D eigenvalue weighted by Crippen LogP contribution is 2.32. The third kappa shape index (κ3) is 3.98. The van der Waals surface area contributed by atoms with E-state index in [4.69, 9.17) is 0 Å². The molecule has 1 N–H and O–H groups in total. The van der Waals surface area contributed by atoms with Crippen molar-refractivity contribution in [3.05, 3.63) is 20.8 Å². The van der Waals surface area contributed by atoms with E-state index in [0.29, 0.717) is 4.88 Å². The standard InChI is InChI=1S/C8H8BrF3OS/c9-7-2-1-6(14-7)5(13)3-4-8(10,11)12/h1-2,5,13H,3-4H2. The lowest BCUT2D eigenvalue weighted by molar-refractivity contribution is -0.140. The van der Waals surface area contributed by atoms with Gasteiger partial charge in [-0.3, -0.25) is 0 Å². The second-order valence-electron chi connectivity index (χ2n) is 2.81. The van der Waals surface area contributed by atoms with Gasteiger partial charge in [0.05, 0.1) is 9.89 Å². The van der Waals surface area contributed by atoms with E-state index in [9.17, 15) is 18.3 Å². The number of halogens is 4. The predicted octanol–water partition coefficient (Wildman–Crippen LogP) is 3.89. The molecular formula is C8H8BrF3OS. The molecule has 0 bridgehead atoms. The van der Waals surface area contributed by atoms with E-state index in [1.54, 1.807) is 12.1 Å². The van der Waals surface area contributed by atoms with Crippen LogP contribution >= 0.6 is 27.3 Å². The molecule has 1 aromatic heterocycles. The second-order valence-corrected chi connectivity index (χ2v) is 5.31. The number of rotatable bonds is 3. The Morgan fingerprint density at radius 1 is 1.43 bits per heavy atom. The molecule has 0 aromatic carbocycles. The van der Waals surface area contributed by atoms with Gasteiger partial charge in [0.2, 0.25) is 0 Å². The lowest BCUT2D eigenvalue weighted by Crippen LogP contribution is -2.09. The van der Waals surface area contributed by atoms with Crippen molar-refractivity contribution in [2.75, 3.05) is 0 Å². The molecule has 14 heavy (non-hydrogen) atoms. The SMILES string of the molecule is OC(CCC(F)(F)F)c1ccc(Br)s1. The fraction of sp³-hybridized carbons (Fsp3) is 0.500. The lowest BCUT2D eigenvalue weighted by Gasteiger charge is -2.10. The summed E-state index contributed by atoms with van der Waals surface area (Å²) >= 11 is 4.42. The maximum Gasteiger partial charge on any atom is 0.389 e. The topological polar surface area (TPSA) is 20.2 Å². The minimum atomic E-state index is -4.20. The highest BCUT2D eigenvalue weighted by Gasteiger charge is 2.28. The molecule has 1 nitrogen and oxygen atoms in total. The third-order valence-corrected chi connectivity index (χ3v) is 3.35. The maximum atomic E-state index is 11.8. The Morgan fingerprint density at radius 3 is 2.50 bits per heavy atom. The Hall–Kier alpha value is -0.0700. The summed E-state index contributed by atoms with van der Waals surface area (Å²) < 4.78 is 36.3. The first-order valence-electron chi connectivity index (χ1n) is 3.88. The first kappa shape index (κ1) is 12.0. The van der Waals surface area contributed by atoms with Crippen molar-refractivity contribution in [3.8, 4) is 0 Å². The molecule has 1 heterocycles. The van der Waals surface area contributed by atoms with Gasteiger partial charge in [-0.25, -0.2) is 0 Å². The van der Waals surface area contributed by atoms with Crippen molar-refractivity contribution in [3.63, 3.8) is 0 Å². The Labute approximate surface area is 91.7 Å². The van der Waals surface area contributed by atoms with Crippen molar-refractivity contribution in [2.45, 2.75) is 25.1 Å². The molecule has 0 saturated heterocycles. The van der Waals surface area contributed by atoms with Gasteiger partial charge in [-0.15, -0.1) is 11.3 Å². The van der Waals surface area contributed by atoms with E-state index in [0.717, 1.165) is 3.79 Å². The summed E-state index contributed by atoms with van der Waals surface area (Å²) in [5.41, 5.74) is 0. The van der Waals surface area contributed by atoms with Crippen molar-refractivity contribution >= 4 is 27.3 Å². The highest BCUT2D eigenvalue weighted by molar-refractivity contribution is 9.11. The van der Waals surface area contributed by atoms with E-state index in [2.05, 4.69) is 15.9 Å². The zero-order valence-electron chi connectivity index (χ0n) is 7.01. The molecule has 0 amide bonds. The van der Waals surface area contributed by atoms with Gasteiger partial charge in [-0.1, -0.05) is 0 Å². The molecule has 0 aliphatic rings. The molecule has 1 aromatic rings. The zero-order valence-corrected chi connectivity index (χ0v) is 9.42. The van der Waals surface area contributed by atoms with E-state index in [1.165, 1.54) is 11.3 Å². The van der Waals surface area contributed by atoms with Crippen LogP contribution in [0.25, 0.3) is 0 Å². The Balaban J connectivity index is 2.47. The average Bonchev–Trinajstić information content (AvgIpc) is 2.46. The summed E-state index contributed by atoms with van der Waals surface area (Å²) in [4.78, 5) is 0.557. The normalized spacial score (nSPS) is 14.4. The number of hydrogen-bond donors (Lipinski definition) is 1. The number of hydrogen-bond acceptors (Lipinski definition) is 2. The van der Waals surface area contributed by atoms with E-state index in [1.807, 2.05) is 0 Å². The molecule has 1 unspecified atom stereocenters. The minimum absolute atomic E-state index is 0.281. The first-order valence-corrected chi connectivity index (χ1v) is 5.49. The van der Waals surface area contributed by atoms with Crippen LogP contribution in [0, 0.1) is 0 Å². The van der Waals surface area contributed by atoms with Crippen molar-refractivity contribution in [1.29, 1.82) is 0 Å². The highest BCUT2D eigenvalue weighted by atomic mass is 79.9. The van der Waals surface area contributed by atoms with Gasteiger partial charge in [-0.2, -0.15) is 13.2 Å². The largest absolute Gasteiger partial charge is 0.389 e. The first-order chi connectivity index (χ1) is 6.38. The smallest absolute Gasteiger partial charge is 0.388 e. The average molecular weight is 289 g/mol. The number of aliphatic hydroxyl groups excluding tert-OH is 1.